The maximum atomic E-state index is 12.5. The highest BCUT2D eigenvalue weighted by atomic mass is 19.3. The van der Waals surface area contributed by atoms with Crippen molar-refractivity contribution in [2.75, 3.05) is 0 Å². The monoisotopic (exact) mass is 345 g/mol. The topological polar surface area (TPSA) is 60.9 Å². The highest BCUT2D eigenvalue weighted by Gasteiger charge is 2.18. The summed E-state index contributed by atoms with van der Waals surface area (Å²) < 4.78 is 31.5. The van der Waals surface area contributed by atoms with Crippen molar-refractivity contribution in [2.45, 2.75) is 32.2 Å². The lowest BCUT2D eigenvalue weighted by Gasteiger charge is -2.17. The molecule has 0 aliphatic rings. The van der Waals surface area contributed by atoms with Crippen LogP contribution >= 0.6 is 0 Å². The zero-order valence-electron chi connectivity index (χ0n) is 13.6. The van der Waals surface area contributed by atoms with Crippen molar-refractivity contribution < 1.29 is 13.2 Å². The van der Waals surface area contributed by atoms with Crippen LogP contribution in [-0.2, 0) is 6.54 Å². The SMILES string of the molecule is CCC(Cn1ccc(-c2nnc(C(F)F)o2)cc1=O)c1ccccc1. The summed E-state index contributed by atoms with van der Waals surface area (Å²) in [5, 5.41) is 6.83. The van der Waals surface area contributed by atoms with E-state index in [1.54, 1.807) is 16.8 Å². The van der Waals surface area contributed by atoms with Gasteiger partial charge >= 0.3 is 6.43 Å². The van der Waals surface area contributed by atoms with Gasteiger partial charge in [-0.05, 0) is 18.1 Å². The Morgan fingerprint density at radius 2 is 1.92 bits per heavy atom. The number of benzene rings is 1. The average Bonchev–Trinajstić information content (AvgIpc) is 3.12. The molecule has 0 spiro atoms. The van der Waals surface area contributed by atoms with Gasteiger partial charge < -0.3 is 8.98 Å². The fraction of sp³-hybridized carbons (Fsp3) is 0.278. The molecule has 1 unspecified atom stereocenters. The average molecular weight is 345 g/mol. The third-order valence-electron chi connectivity index (χ3n) is 4.05. The third kappa shape index (κ3) is 3.81. The molecule has 2 aromatic heterocycles. The van der Waals surface area contributed by atoms with Gasteiger partial charge in [-0.3, -0.25) is 4.79 Å². The molecule has 0 bridgehead atoms. The molecule has 130 valence electrons. The van der Waals surface area contributed by atoms with Crippen LogP contribution in [0, 0.1) is 0 Å². The number of hydrogen-bond acceptors (Lipinski definition) is 4. The first kappa shape index (κ1) is 17.0. The van der Waals surface area contributed by atoms with Crippen molar-refractivity contribution in [3.05, 3.63) is 70.5 Å². The van der Waals surface area contributed by atoms with Crippen LogP contribution in [0.5, 0.6) is 0 Å². The van der Waals surface area contributed by atoms with Gasteiger partial charge in [0.15, 0.2) is 0 Å². The molecule has 1 aromatic carbocycles. The maximum Gasteiger partial charge on any atom is 0.314 e. The van der Waals surface area contributed by atoms with Gasteiger partial charge in [-0.1, -0.05) is 37.3 Å². The number of alkyl halides is 2. The summed E-state index contributed by atoms with van der Waals surface area (Å²) in [4.78, 5) is 12.4. The number of pyridine rings is 1. The van der Waals surface area contributed by atoms with E-state index >= 15 is 0 Å². The van der Waals surface area contributed by atoms with Gasteiger partial charge in [-0.25, -0.2) is 0 Å². The molecule has 0 radical (unpaired) electrons. The second-order valence-electron chi connectivity index (χ2n) is 5.67. The highest BCUT2D eigenvalue weighted by Crippen LogP contribution is 2.23. The summed E-state index contributed by atoms with van der Waals surface area (Å²) >= 11 is 0. The summed E-state index contributed by atoms with van der Waals surface area (Å²) in [5.74, 6) is -0.637. The van der Waals surface area contributed by atoms with Crippen molar-refractivity contribution in [2.24, 2.45) is 0 Å². The highest BCUT2D eigenvalue weighted by molar-refractivity contribution is 5.50. The van der Waals surface area contributed by atoms with E-state index in [-0.39, 0.29) is 17.4 Å². The second-order valence-corrected chi connectivity index (χ2v) is 5.67. The van der Waals surface area contributed by atoms with Gasteiger partial charge in [0, 0.05) is 30.3 Å². The van der Waals surface area contributed by atoms with E-state index in [2.05, 4.69) is 17.1 Å². The molecular formula is C18H17F2N3O2. The molecule has 3 rings (SSSR count). The van der Waals surface area contributed by atoms with E-state index < -0.39 is 12.3 Å². The van der Waals surface area contributed by atoms with Crippen LogP contribution in [0.25, 0.3) is 11.5 Å². The molecule has 7 heteroatoms. The Bertz CT molecular complexity index is 891. The van der Waals surface area contributed by atoms with Crippen LogP contribution < -0.4 is 5.56 Å². The molecule has 0 amide bonds. The summed E-state index contributed by atoms with van der Waals surface area (Å²) in [7, 11) is 0. The first-order chi connectivity index (χ1) is 12.1. The first-order valence-electron chi connectivity index (χ1n) is 7.96. The minimum absolute atomic E-state index is 0.0883. The summed E-state index contributed by atoms with van der Waals surface area (Å²) in [6.45, 7) is 2.60. The minimum Gasteiger partial charge on any atom is -0.415 e. The van der Waals surface area contributed by atoms with E-state index in [0.29, 0.717) is 12.1 Å². The number of nitrogens with zero attached hydrogens (tertiary/aromatic N) is 3. The van der Waals surface area contributed by atoms with Crippen LogP contribution in [0.3, 0.4) is 0 Å². The van der Waals surface area contributed by atoms with Crippen LogP contribution in [0.2, 0.25) is 0 Å². The van der Waals surface area contributed by atoms with Gasteiger partial charge in [0.1, 0.15) is 0 Å². The Morgan fingerprint density at radius 3 is 2.52 bits per heavy atom. The molecule has 3 aromatic rings. The van der Waals surface area contributed by atoms with E-state index in [1.165, 1.54) is 11.6 Å². The molecule has 0 saturated carbocycles. The zero-order valence-corrected chi connectivity index (χ0v) is 13.6. The van der Waals surface area contributed by atoms with Crippen molar-refractivity contribution in [3.8, 4) is 11.5 Å². The molecule has 2 heterocycles. The zero-order chi connectivity index (χ0) is 17.8. The standard InChI is InChI=1S/C18H17F2N3O2/c1-2-12(13-6-4-3-5-7-13)11-23-9-8-14(10-15(23)24)17-21-22-18(25-17)16(19)20/h3-10,12,16H,2,11H2,1H3. The van der Waals surface area contributed by atoms with E-state index in [4.69, 9.17) is 4.42 Å². The fourth-order valence-corrected chi connectivity index (χ4v) is 2.66. The molecule has 1 atom stereocenters. The number of rotatable bonds is 6. The summed E-state index contributed by atoms with van der Waals surface area (Å²) in [6.07, 6.45) is -0.326. The van der Waals surface area contributed by atoms with Gasteiger partial charge in [-0.2, -0.15) is 8.78 Å². The van der Waals surface area contributed by atoms with Gasteiger partial charge in [-0.15, -0.1) is 10.2 Å². The molecule has 0 saturated heterocycles. The van der Waals surface area contributed by atoms with Gasteiger partial charge in [0.05, 0.1) is 0 Å². The van der Waals surface area contributed by atoms with Gasteiger partial charge in [0.2, 0.25) is 5.89 Å². The first-order valence-corrected chi connectivity index (χ1v) is 7.96. The predicted octanol–water partition coefficient (Wildman–Crippen LogP) is 4.03. The Labute approximate surface area is 142 Å². The van der Waals surface area contributed by atoms with E-state index in [0.717, 1.165) is 6.42 Å². The molecule has 0 N–H and O–H groups in total. The minimum atomic E-state index is -2.84. The Hall–Kier alpha value is -2.83. The van der Waals surface area contributed by atoms with E-state index in [1.807, 2.05) is 30.3 Å². The lowest BCUT2D eigenvalue weighted by molar-refractivity contribution is 0.116. The second kappa shape index (κ2) is 7.38. The summed E-state index contributed by atoms with van der Waals surface area (Å²) in [5.41, 5.74) is 1.25. The quantitative estimate of drug-likeness (QED) is 0.677. The largest absolute Gasteiger partial charge is 0.415 e. The fourth-order valence-electron chi connectivity index (χ4n) is 2.66. The molecule has 5 nitrogen and oxygen atoms in total. The third-order valence-corrected chi connectivity index (χ3v) is 4.05. The Kier molecular flexibility index (Phi) is 5.02. The molecule has 0 aliphatic carbocycles. The van der Waals surface area contributed by atoms with Crippen molar-refractivity contribution in [3.63, 3.8) is 0 Å². The number of hydrogen-bond donors (Lipinski definition) is 0. The van der Waals surface area contributed by atoms with Crippen molar-refractivity contribution in [1.29, 1.82) is 0 Å². The molecule has 0 fully saturated rings. The number of halogens is 2. The van der Waals surface area contributed by atoms with Crippen LogP contribution in [0.15, 0.2) is 57.9 Å². The van der Waals surface area contributed by atoms with E-state index in [9.17, 15) is 13.6 Å². The van der Waals surface area contributed by atoms with Crippen molar-refractivity contribution in [1.82, 2.24) is 14.8 Å². The smallest absolute Gasteiger partial charge is 0.314 e. The Morgan fingerprint density at radius 1 is 1.16 bits per heavy atom. The van der Waals surface area contributed by atoms with Crippen LogP contribution in [0.4, 0.5) is 8.78 Å². The predicted molar refractivity (Wildman–Crippen MR) is 88.4 cm³/mol. The normalized spacial score (nSPS) is 12.5. The number of aromatic nitrogens is 3. The molecular weight excluding hydrogens is 328 g/mol. The lowest BCUT2D eigenvalue weighted by Crippen LogP contribution is -2.22. The van der Waals surface area contributed by atoms with Crippen molar-refractivity contribution >= 4 is 0 Å². The lowest BCUT2D eigenvalue weighted by atomic mass is 9.96. The van der Waals surface area contributed by atoms with Crippen LogP contribution in [0.1, 0.15) is 37.1 Å². The maximum absolute atomic E-state index is 12.5. The van der Waals surface area contributed by atoms with Gasteiger partial charge in [0.25, 0.3) is 11.4 Å². The molecule has 25 heavy (non-hydrogen) atoms. The Balaban J connectivity index is 1.83. The summed E-state index contributed by atoms with van der Waals surface area (Å²) in [6, 6.07) is 12.9. The molecule has 0 aliphatic heterocycles. The van der Waals surface area contributed by atoms with Crippen LogP contribution in [-0.4, -0.2) is 14.8 Å².